The van der Waals surface area contributed by atoms with E-state index >= 15 is 0 Å². The van der Waals surface area contributed by atoms with Gasteiger partial charge in [0, 0.05) is 37.3 Å². The van der Waals surface area contributed by atoms with E-state index in [1.165, 1.54) is 15.2 Å². The summed E-state index contributed by atoms with van der Waals surface area (Å²) in [5.74, 6) is -2.22. The number of aromatic nitrogens is 5. The Morgan fingerprint density at radius 3 is 2.41 bits per heavy atom. The molecule has 3 unspecified atom stereocenters. The van der Waals surface area contributed by atoms with E-state index < -0.39 is 59.5 Å². The Hall–Kier alpha value is -5.52. The molecule has 5 heterocycles. The van der Waals surface area contributed by atoms with Crippen LogP contribution < -0.4 is 16.3 Å². The number of aryl methyl sites for hydroxylation is 1. The van der Waals surface area contributed by atoms with Crippen molar-refractivity contribution in [1.82, 2.24) is 34.1 Å². The molecule has 8 rings (SSSR count). The van der Waals surface area contributed by atoms with Crippen LogP contribution in [0, 0.1) is 5.92 Å². The van der Waals surface area contributed by atoms with Gasteiger partial charge in [-0.2, -0.15) is 31.4 Å². The first kappa shape index (κ1) is 39.3. The number of alkyl halides is 6. The standard InChI is InChI=1S/C40H40F6N8O4/c1-51-35-27(4-2-6-30(35)54(38(51)58)31-14-15-34(55)49-37(31)57)23-16-17-52(33(19-23)40(44,45)46)20-22-8-11-26(12-9-22)53-21-24-18-25(10-13-28(24)50-53)47-36(56)29-5-3-7-32(48-29)39(41,42)43/h2-7,10,13,18,21-23,26,31,33H,8-9,11-12,14-17,19-20H2,1H3,(H,47,56)(H,49,55,57)/t22-,23?,26-,31?,33?. The fraction of sp³-hybridized carbons (Fsp3) is 0.450. The van der Waals surface area contributed by atoms with Gasteiger partial charge in [-0.1, -0.05) is 18.2 Å². The highest BCUT2D eigenvalue weighted by molar-refractivity contribution is 6.04. The molecule has 18 heteroatoms. The number of rotatable bonds is 7. The number of nitrogens with zero attached hydrogens (tertiary/aromatic N) is 6. The molecule has 3 aliphatic rings. The van der Waals surface area contributed by atoms with Crippen molar-refractivity contribution in [1.29, 1.82) is 0 Å². The van der Waals surface area contributed by atoms with Crippen LogP contribution in [0.3, 0.4) is 0 Å². The van der Waals surface area contributed by atoms with Crippen LogP contribution in [0.25, 0.3) is 21.9 Å². The average molecular weight is 811 g/mol. The molecular weight excluding hydrogens is 770 g/mol. The third-order valence-electron chi connectivity index (χ3n) is 11.9. The molecule has 3 atom stereocenters. The smallest absolute Gasteiger partial charge is 0.321 e. The van der Waals surface area contributed by atoms with Gasteiger partial charge in [0.05, 0.1) is 22.6 Å². The molecule has 0 bridgehead atoms. The van der Waals surface area contributed by atoms with Gasteiger partial charge < -0.3 is 5.32 Å². The van der Waals surface area contributed by atoms with E-state index in [-0.39, 0.29) is 43.5 Å². The lowest BCUT2D eigenvalue weighted by Crippen LogP contribution is -2.52. The first-order valence-electron chi connectivity index (χ1n) is 19.2. The number of hydrogen-bond donors (Lipinski definition) is 2. The Kier molecular flexibility index (Phi) is 10.2. The topological polar surface area (TPSA) is 136 Å². The SMILES string of the molecule is Cn1c(=O)n(C2CCC(=O)NC2=O)c2cccc(C3CCN(C[C@H]4CC[C@H](n5cc6cc(NC(=O)c7cccc(C(F)(F)F)n7)ccc6n5)CC4)C(C(F)(F)F)C3)c21. The molecular formula is C40H40F6N8O4. The number of pyridine rings is 1. The van der Waals surface area contributed by atoms with Crippen molar-refractivity contribution in [3.63, 3.8) is 0 Å². The van der Waals surface area contributed by atoms with E-state index in [0.717, 1.165) is 12.1 Å². The molecule has 0 radical (unpaired) electrons. The highest BCUT2D eigenvalue weighted by Crippen LogP contribution is 2.43. The maximum absolute atomic E-state index is 14.8. The van der Waals surface area contributed by atoms with Crippen LogP contribution >= 0.6 is 0 Å². The summed E-state index contributed by atoms with van der Waals surface area (Å²) in [5.41, 5.74) is 0.568. The maximum atomic E-state index is 14.8. The lowest BCUT2D eigenvalue weighted by atomic mass is 9.82. The number of imidazole rings is 1. The summed E-state index contributed by atoms with van der Waals surface area (Å²) in [5, 5.41) is 10.3. The first-order chi connectivity index (χ1) is 27.5. The van der Waals surface area contributed by atoms with Crippen LogP contribution in [0.1, 0.15) is 91.1 Å². The number of fused-ring (bicyclic) bond motifs is 2. The zero-order valence-electron chi connectivity index (χ0n) is 31.3. The number of likely N-dealkylation sites (tertiary alicyclic amines) is 1. The summed E-state index contributed by atoms with van der Waals surface area (Å²) in [7, 11) is 1.55. The molecule has 3 amide bonds. The van der Waals surface area contributed by atoms with E-state index in [1.807, 2.05) is 10.9 Å². The molecule has 3 fully saturated rings. The van der Waals surface area contributed by atoms with E-state index in [1.54, 1.807) is 48.3 Å². The fourth-order valence-corrected chi connectivity index (χ4v) is 9.03. The van der Waals surface area contributed by atoms with E-state index in [9.17, 15) is 45.5 Å². The van der Waals surface area contributed by atoms with Gasteiger partial charge in [0.25, 0.3) is 5.91 Å². The number of hydrogen-bond acceptors (Lipinski definition) is 7. The summed E-state index contributed by atoms with van der Waals surface area (Å²) in [6.07, 6.45) is -4.01. The lowest BCUT2D eigenvalue weighted by Gasteiger charge is -2.43. The number of imide groups is 1. The van der Waals surface area contributed by atoms with Crippen LogP contribution in [0.2, 0.25) is 0 Å². The monoisotopic (exact) mass is 810 g/mol. The minimum Gasteiger partial charge on any atom is -0.321 e. The minimum atomic E-state index is -4.69. The van der Waals surface area contributed by atoms with Crippen LogP contribution in [-0.2, 0) is 22.8 Å². The summed E-state index contributed by atoms with van der Waals surface area (Å²) in [6, 6.07) is 10.7. The molecule has 5 aromatic rings. The number of carbonyl (C=O) groups excluding carboxylic acids is 3. The molecule has 58 heavy (non-hydrogen) atoms. The van der Waals surface area contributed by atoms with Crippen molar-refractivity contribution in [2.45, 2.75) is 87.8 Å². The predicted molar refractivity (Wildman–Crippen MR) is 200 cm³/mol. The molecule has 1 aliphatic carbocycles. The molecule has 3 aromatic heterocycles. The van der Waals surface area contributed by atoms with Crippen molar-refractivity contribution >= 4 is 45.3 Å². The Bertz CT molecular complexity index is 2460. The van der Waals surface area contributed by atoms with Crippen LogP contribution in [-0.4, -0.2) is 71.8 Å². The third-order valence-corrected chi connectivity index (χ3v) is 11.9. The van der Waals surface area contributed by atoms with Gasteiger partial charge >= 0.3 is 18.0 Å². The zero-order valence-corrected chi connectivity index (χ0v) is 31.3. The number of piperidine rings is 2. The van der Waals surface area contributed by atoms with Gasteiger partial charge in [-0.25, -0.2) is 9.78 Å². The highest BCUT2D eigenvalue weighted by atomic mass is 19.4. The number of amides is 3. The molecule has 2 aliphatic heterocycles. The first-order valence-corrected chi connectivity index (χ1v) is 19.2. The quantitative estimate of drug-likeness (QED) is 0.135. The normalized spacial score (nSPS) is 23.7. The van der Waals surface area contributed by atoms with Crippen molar-refractivity contribution in [3.8, 4) is 0 Å². The third kappa shape index (κ3) is 7.60. The predicted octanol–water partition coefficient (Wildman–Crippen LogP) is 6.88. The summed E-state index contributed by atoms with van der Waals surface area (Å²) >= 11 is 0. The molecule has 2 aromatic carbocycles. The van der Waals surface area contributed by atoms with Crippen molar-refractivity contribution in [2.75, 3.05) is 18.4 Å². The van der Waals surface area contributed by atoms with E-state index in [4.69, 9.17) is 5.10 Å². The molecule has 0 spiro atoms. The Morgan fingerprint density at radius 1 is 0.931 bits per heavy atom. The van der Waals surface area contributed by atoms with Gasteiger partial charge in [-0.05, 0) is 105 Å². The maximum Gasteiger partial charge on any atom is 0.433 e. The van der Waals surface area contributed by atoms with Gasteiger partial charge in [-0.3, -0.25) is 38.4 Å². The summed E-state index contributed by atoms with van der Waals surface area (Å²) in [6.45, 7) is 0.517. The number of benzene rings is 2. The van der Waals surface area contributed by atoms with Gasteiger partial charge in [0.1, 0.15) is 23.5 Å². The number of para-hydroxylation sites is 1. The summed E-state index contributed by atoms with van der Waals surface area (Å²) in [4.78, 5) is 55.6. The number of halogens is 6. The zero-order chi connectivity index (χ0) is 41.1. The molecule has 12 nitrogen and oxygen atoms in total. The second-order valence-electron chi connectivity index (χ2n) is 15.6. The summed E-state index contributed by atoms with van der Waals surface area (Å²) < 4.78 is 88.2. The fourth-order valence-electron chi connectivity index (χ4n) is 9.03. The van der Waals surface area contributed by atoms with Crippen LogP contribution in [0.4, 0.5) is 32.0 Å². The Morgan fingerprint density at radius 2 is 1.69 bits per heavy atom. The average Bonchev–Trinajstić information content (AvgIpc) is 3.72. The Balaban J connectivity index is 0.916. The lowest BCUT2D eigenvalue weighted by molar-refractivity contribution is -0.194. The molecule has 1 saturated carbocycles. The highest BCUT2D eigenvalue weighted by Gasteiger charge is 2.48. The second-order valence-corrected chi connectivity index (χ2v) is 15.6. The minimum absolute atomic E-state index is 0.0137. The molecule has 306 valence electrons. The van der Waals surface area contributed by atoms with Crippen molar-refractivity contribution in [3.05, 3.63) is 88.2 Å². The number of nitrogens with one attached hydrogen (secondary N) is 2. The number of carbonyl (C=O) groups is 3. The van der Waals surface area contributed by atoms with Gasteiger partial charge in [0.2, 0.25) is 11.8 Å². The number of anilines is 1. The molecule has 2 saturated heterocycles. The van der Waals surface area contributed by atoms with Crippen molar-refractivity contribution < 1.29 is 40.7 Å². The largest absolute Gasteiger partial charge is 0.433 e. The van der Waals surface area contributed by atoms with E-state index in [0.29, 0.717) is 71.8 Å². The Labute approximate surface area is 327 Å². The van der Waals surface area contributed by atoms with Crippen molar-refractivity contribution in [2.24, 2.45) is 13.0 Å². The van der Waals surface area contributed by atoms with Crippen LogP contribution in [0.5, 0.6) is 0 Å². The second kappa shape index (κ2) is 15.0. The van der Waals surface area contributed by atoms with Crippen LogP contribution in [0.15, 0.2) is 65.6 Å². The van der Waals surface area contributed by atoms with Gasteiger partial charge in [-0.15, -0.1) is 0 Å². The van der Waals surface area contributed by atoms with E-state index in [2.05, 4.69) is 15.6 Å². The van der Waals surface area contributed by atoms with Gasteiger partial charge in [0.15, 0.2) is 0 Å². The molecule has 2 N–H and O–H groups in total.